The molecular weight excluding hydrogens is 340 g/mol. The summed E-state index contributed by atoms with van der Waals surface area (Å²) in [6.07, 6.45) is 0. The highest BCUT2D eigenvalue weighted by Crippen LogP contribution is 2.26. The van der Waals surface area contributed by atoms with E-state index in [4.69, 9.17) is 17.3 Å². The lowest BCUT2D eigenvalue weighted by Gasteiger charge is -2.02. The maximum atomic E-state index is 5.89. The number of nitrogens with two attached hydrogens (primary N) is 1. The number of rotatable bonds is 1. The Morgan fingerprint density at radius 1 is 1.55 bits per heavy atom. The van der Waals surface area contributed by atoms with Gasteiger partial charge in [-0.25, -0.2) is 0 Å². The molecule has 0 saturated carbocycles. The molecule has 60 valence electrons. The minimum atomic E-state index is 0.488. The lowest BCUT2D eigenvalue weighted by molar-refractivity contribution is 1.07. The molecule has 0 radical (unpaired) electrons. The van der Waals surface area contributed by atoms with Crippen molar-refractivity contribution in [3.8, 4) is 0 Å². The van der Waals surface area contributed by atoms with Crippen molar-refractivity contribution in [1.29, 1.82) is 0 Å². The van der Waals surface area contributed by atoms with E-state index >= 15 is 0 Å². The van der Waals surface area contributed by atoms with E-state index in [0.29, 0.717) is 6.54 Å². The van der Waals surface area contributed by atoms with Crippen molar-refractivity contribution in [3.63, 3.8) is 0 Å². The van der Waals surface area contributed by atoms with Gasteiger partial charge in [0.15, 0.2) is 0 Å². The molecule has 0 spiro atoms. The van der Waals surface area contributed by atoms with Crippen molar-refractivity contribution >= 4 is 50.1 Å². The van der Waals surface area contributed by atoms with E-state index in [0.717, 1.165) is 18.6 Å². The predicted molar refractivity (Wildman–Crippen MR) is 59.8 cm³/mol. The molecule has 0 fully saturated rings. The van der Waals surface area contributed by atoms with Crippen LogP contribution in [0.2, 0.25) is 5.02 Å². The Kier molecular flexibility index (Phi) is 3.61. The van der Waals surface area contributed by atoms with Crippen molar-refractivity contribution in [2.75, 3.05) is 0 Å². The second kappa shape index (κ2) is 4.07. The van der Waals surface area contributed by atoms with Crippen LogP contribution in [0, 0.1) is 3.57 Å². The fraction of sp³-hybridized carbons (Fsp3) is 0.143. The highest BCUT2D eigenvalue weighted by Gasteiger charge is 2.02. The number of hydrogen-bond acceptors (Lipinski definition) is 1. The van der Waals surface area contributed by atoms with Crippen LogP contribution in [-0.4, -0.2) is 0 Å². The summed E-state index contributed by atoms with van der Waals surface area (Å²) in [6, 6.07) is 3.85. The van der Waals surface area contributed by atoms with E-state index in [9.17, 15) is 0 Å². The molecule has 0 aromatic heterocycles. The van der Waals surface area contributed by atoms with Gasteiger partial charge in [0.1, 0.15) is 0 Å². The van der Waals surface area contributed by atoms with Crippen molar-refractivity contribution in [2.45, 2.75) is 6.54 Å². The predicted octanol–water partition coefficient (Wildman–Crippen LogP) is 3.17. The first-order valence-corrected chi connectivity index (χ1v) is 5.23. The van der Waals surface area contributed by atoms with Gasteiger partial charge in [-0.2, -0.15) is 0 Å². The summed E-state index contributed by atoms with van der Waals surface area (Å²) in [5, 5.41) is 0.722. The number of hydrogen-bond donors (Lipinski definition) is 1. The van der Waals surface area contributed by atoms with Crippen LogP contribution in [0.15, 0.2) is 16.6 Å². The van der Waals surface area contributed by atoms with Gasteiger partial charge in [-0.15, -0.1) is 0 Å². The van der Waals surface area contributed by atoms with Crippen LogP contribution < -0.4 is 5.73 Å². The van der Waals surface area contributed by atoms with Crippen LogP contribution in [-0.2, 0) is 6.54 Å². The minimum Gasteiger partial charge on any atom is -0.326 e. The van der Waals surface area contributed by atoms with Gasteiger partial charge in [-0.05, 0) is 56.2 Å². The highest BCUT2D eigenvalue weighted by molar-refractivity contribution is 14.1. The lowest BCUT2D eigenvalue weighted by atomic mass is 10.2. The molecular formula is C7H6BrClIN. The zero-order valence-corrected chi connectivity index (χ0v) is 10.1. The van der Waals surface area contributed by atoms with Crippen LogP contribution in [0.4, 0.5) is 0 Å². The van der Waals surface area contributed by atoms with Crippen molar-refractivity contribution in [1.82, 2.24) is 0 Å². The summed E-state index contributed by atoms with van der Waals surface area (Å²) in [5.41, 5.74) is 6.45. The molecule has 0 bridgehead atoms. The fourth-order valence-electron chi connectivity index (χ4n) is 0.720. The maximum Gasteiger partial charge on any atom is 0.0462 e. The van der Waals surface area contributed by atoms with E-state index < -0.39 is 0 Å². The van der Waals surface area contributed by atoms with E-state index in [1.807, 2.05) is 12.1 Å². The molecule has 0 saturated heterocycles. The van der Waals surface area contributed by atoms with E-state index in [1.165, 1.54) is 0 Å². The van der Waals surface area contributed by atoms with E-state index in [1.54, 1.807) is 0 Å². The summed E-state index contributed by atoms with van der Waals surface area (Å²) in [6.45, 7) is 0.488. The zero-order chi connectivity index (χ0) is 8.43. The van der Waals surface area contributed by atoms with Gasteiger partial charge in [0.2, 0.25) is 0 Å². The standard InChI is InChI=1S/C7H6BrClIN/c8-5-2-6(9)4(3-11)1-7(5)10/h1-2H,3,11H2. The van der Waals surface area contributed by atoms with Crippen molar-refractivity contribution < 1.29 is 0 Å². The molecule has 0 heterocycles. The maximum absolute atomic E-state index is 5.89. The molecule has 0 aliphatic carbocycles. The molecule has 4 heteroatoms. The van der Waals surface area contributed by atoms with Gasteiger partial charge in [0, 0.05) is 19.6 Å². The Hall–Kier alpha value is 0.680. The fourth-order valence-corrected chi connectivity index (χ4v) is 1.97. The van der Waals surface area contributed by atoms with Crippen LogP contribution >= 0.6 is 50.1 Å². The third-order valence-corrected chi connectivity index (χ3v) is 3.95. The second-order valence-electron chi connectivity index (χ2n) is 2.06. The first-order chi connectivity index (χ1) is 5.15. The van der Waals surface area contributed by atoms with Gasteiger partial charge in [0.05, 0.1) is 0 Å². The number of benzene rings is 1. The molecule has 0 amide bonds. The molecule has 1 aromatic carbocycles. The Bertz CT molecular complexity index is 277. The van der Waals surface area contributed by atoms with Gasteiger partial charge in [-0.1, -0.05) is 11.6 Å². The summed E-state index contributed by atoms with van der Waals surface area (Å²) < 4.78 is 2.15. The molecule has 1 aromatic rings. The van der Waals surface area contributed by atoms with Gasteiger partial charge in [-0.3, -0.25) is 0 Å². The average Bonchev–Trinajstić information content (AvgIpc) is 1.97. The normalized spacial score (nSPS) is 10.2. The molecule has 0 atom stereocenters. The molecule has 1 rings (SSSR count). The molecule has 0 aliphatic rings. The largest absolute Gasteiger partial charge is 0.326 e. The topological polar surface area (TPSA) is 26.0 Å². The molecule has 0 aliphatic heterocycles. The molecule has 0 unspecified atom stereocenters. The van der Waals surface area contributed by atoms with Crippen LogP contribution in [0.5, 0.6) is 0 Å². The van der Waals surface area contributed by atoms with Gasteiger partial charge >= 0.3 is 0 Å². The second-order valence-corrected chi connectivity index (χ2v) is 4.49. The van der Waals surface area contributed by atoms with Gasteiger partial charge < -0.3 is 5.73 Å². The van der Waals surface area contributed by atoms with E-state index in [-0.39, 0.29) is 0 Å². The Balaban J connectivity index is 3.21. The molecule has 1 nitrogen and oxygen atoms in total. The quantitative estimate of drug-likeness (QED) is 0.613. The SMILES string of the molecule is NCc1cc(I)c(Br)cc1Cl. The Morgan fingerprint density at radius 2 is 2.18 bits per heavy atom. The average molecular weight is 346 g/mol. The summed E-state index contributed by atoms with van der Waals surface area (Å²) in [4.78, 5) is 0. The zero-order valence-electron chi connectivity index (χ0n) is 5.57. The number of halogens is 3. The van der Waals surface area contributed by atoms with Crippen LogP contribution in [0.1, 0.15) is 5.56 Å². The summed E-state index contributed by atoms with van der Waals surface area (Å²) in [7, 11) is 0. The van der Waals surface area contributed by atoms with Gasteiger partial charge in [0.25, 0.3) is 0 Å². The summed E-state index contributed by atoms with van der Waals surface area (Å²) >= 11 is 11.5. The van der Waals surface area contributed by atoms with Crippen molar-refractivity contribution in [2.24, 2.45) is 5.73 Å². The third-order valence-electron chi connectivity index (χ3n) is 1.31. The Morgan fingerprint density at radius 3 is 2.73 bits per heavy atom. The third kappa shape index (κ3) is 2.31. The first kappa shape index (κ1) is 9.77. The highest BCUT2D eigenvalue weighted by atomic mass is 127. The molecule has 2 N–H and O–H groups in total. The van der Waals surface area contributed by atoms with Crippen LogP contribution in [0.25, 0.3) is 0 Å². The summed E-state index contributed by atoms with van der Waals surface area (Å²) in [5.74, 6) is 0. The van der Waals surface area contributed by atoms with Crippen molar-refractivity contribution in [3.05, 3.63) is 30.8 Å². The van der Waals surface area contributed by atoms with Crippen LogP contribution in [0.3, 0.4) is 0 Å². The Labute approximate surface area is 92.6 Å². The monoisotopic (exact) mass is 345 g/mol. The lowest BCUT2D eigenvalue weighted by Crippen LogP contribution is -1.97. The first-order valence-electron chi connectivity index (χ1n) is 2.98. The smallest absolute Gasteiger partial charge is 0.0462 e. The van der Waals surface area contributed by atoms with E-state index in [2.05, 4.69) is 38.5 Å². The minimum absolute atomic E-state index is 0.488. The molecule has 11 heavy (non-hydrogen) atoms.